The lowest BCUT2D eigenvalue weighted by molar-refractivity contribution is 0.0298. The van der Waals surface area contributed by atoms with Gasteiger partial charge in [-0.15, -0.1) is 12.6 Å². The molecular weight excluding hydrogens is 174 g/mol. The second kappa shape index (κ2) is 3.51. The van der Waals surface area contributed by atoms with Gasteiger partial charge in [0.1, 0.15) is 11.7 Å². The van der Waals surface area contributed by atoms with E-state index in [0.717, 1.165) is 12.8 Å². The molecule has 2 aliphatic heterocycles. The van der Waals surface area contributed by atoms with Gasteiger partial charge in [0, 0.05) is 13.2 Å². The number of piperidine rings is 1. The lowest BCUT2D eigenvalue weighted by Gasteiger charge is -2.31. The number of hydrogen-bond donors (Lipinski definition) is 4. The highest BCUT2D eigenvalue weighted by Crippen LogP contribution is 2.17. The SMILES string of the molecule is COC1CCC2NC(S)NC2N1. The zero-order chi connectivity index (χ0) is 8.55. The highest BCUT2D eigenvalue weighted by atomic mass is 32.1. The first kappa shape index (κ1) is 8.77. The topological polar surface area (TPSA) is 45.3 Å². The zero-order valence-electron chi connectivity index (χ0n) is 7.08. The Kier molecular flexibility index (Phi) is 2.57. The van der Waals surface area contributed by atoms with Crippen LogP contribution >= 0.6 is 12.6 Å². The maximum Gasteiger partial charge on any atom is 0.109 e. The Labute approximate surface area is 77.8 Å². The van der Waals surface area contributed by atoms with Gasteiger partial charge in [-0.05, 0) is 12.8 Å². The van der Waals surface area contributed by atoms with Gasteiger partial charge in [0.15, 0.2) is 0 Å². The molecule has 4 atom stereocenters. The van der Waals surface area contributed by atoms with Crippen LogP contribution in [0.3, 0.4) is 0 Å². The number of hydrogen-bond acceptors (Lipinski definition) is 5. The third kappa shape index (κ3) is 1.60. The summed E-state index contributed by atoms with van der Waals surface area (Å²) in [5, 5.41) is 9.97. The van der Waals surface area contributed by atoms with Crippen LogP contribution in [0.25, 0.3) is 0 Å². The molecule has 0 bridgehead atoms. The summed E-state index contributed by atoms with van der Waals surface area (Å²) in [6.45, 7) is 0. The molecule has 0 amide bonds. The molecule has 0 spiro atoms. The molecule has 4 unspecified atom stereocenters. The van der Waals surface area contributed by atoms with Crippen LogP contribution in [0, 0.1) is 0 Å². The molecule has 2 heterocycles. The van der Waals surface area contributed by atoms with Crippen LogP contribution in [0.1, 0.15) is 12.8 Å². The van der Waals surface area contributed by atoms with E-state index in [1.54, 1.807) is 7.11 Å². The quantitative estimate of drug-likeness (QED) is 0.418. The summed E-state index contributed by atoms with van der Waals surface area (Å²) in [5.41, 5.74) is 0.114. The number of fused-ring (bicyclic) bond motifs is 1. The minimum Gasteiger partial charge on any atom is -0.367 e. The van der Waals surface area contributed by atoms with Crippen LogP contribution in [0.2, 0.25) is 0 Å². The summed E-state index contributed by atoms with van der Waals surface area (Å²) >= 11 is 4.30. The fourth-order valence-corrected chi connectivity index (χ4v) is 2.20. The van der Waals surface area contributed by atoms with Crippen LogP contribution < -0.4 is 16.0 Å². The van der Waals surface area contributed by atoms with E-state index in [2.05, 4.69) is 28.6 Å². The first-order valence-corrected chi connectivity index (χ1v) is 4.80. The van der Waals surface area contributed by atoms with Crippen molar-refractivity contribution < 1.29 is 4.74 Å². The second-order valence-corrected chi connectivity index (χ2v) is 3.80. The average Bonchev–Trinajstić information content (AvgIpc) is 2.43. The third-order valence-electron chi connectivity index (χ3n) is 2.50. The van der Waals surface area contributed by atoms with Crippen molar-refractivity contribution in [3.8, 4) is 0 Å². The second-order valence-electron chi connectivity index (χ2n) is 3.29. The summed E-state index contributed by atoms with van der Waals surface area (Å²) in [5.74, 6) is 0. The molecule has 3 N–H and O–H groups in total. The van der Waals surface area contributed by atoms with Crippen molar-refractivity contribution in [1.29, 1.82) is 0 Å². The Balaban J connectivity index is 1.93. The molecule has 2 fully saturated rings. The van der Waals surface area contributed by atoms with Crippen molar-refractivity contribution in [2.24, 2.45) is 0 Å². The van der Waals surface area contributed by atoms with Crippen LogP contribution in [0.5, 0.6) is 0 Å². The van der Waals surface area contributed by atoms with Crippen molar-refractivity contribution in [1.82, 2.24) is 16.0 Å². The smallest absolute Gasteiger partial charge is 0.109 e. The van der Waals surface area contributed by atoms with E-state index in [1.807, 2.05) is 0 Å². The van der Waals surface area contributed by atoms with Crippen molar-refractivity contribution in [2.45, 2.75) is 36.8 Å². The molecule has 0 aromatic rings. The standard InChI is InChI=1S/C7H15N3OS/c1-11-5-3-2-4-6(9-5)10-7(12)8-4/h4-10,12H,2-3H2,1H3. The highest BCUT2D eigenvalue weighted by Gasteiger charge is 2.36. The molecular formula is C7H15N3OS. The van der Waals surface area contributed by atoms with Gasteiger partial charge < -0.3 is 4.74 Å². The Hall–Kier alpha value is 0.190. The predicted octanol–water partition coefficient (Wildman–Crippen LogP) is -0.557. The minimum atomic E-state index is 0.114. The van der Waals surface area contributed by atoms with Crippen LogP contribution in [-0.2, 0) is 4.74 Å². The summed E-state index contributed by atoms with van der Waals surface area (Å²) in [6.07, 6.45) is 2.71. The Bertz CT molecular complexity index is 169. The molecule has 0 aromatic heterocycles. The Morgan fingerprint density at radius 2 is 2.08 bits per heavy atom. The molecule has 2 saturated heterocycles. The number of rotatable bonds is 1. The molecule has 0 aliphatic carbocycles. The third-order valence-corrected chi connectivity index (χ3v) is 2.80. The van der Waals surface area contributed by atoms with E-state index in [4.69, 9.17) is 4.74 Å². The van der Waals surface area contributed by atoms with Gasteiger partial charge in [0.05, 0.1) is 6.17 Å². The molecule has 0 radical (unpaired) electrons. The molecule has 5 heteroatoms. The summed E-state index contributed by atoms with van der Waals surface area (Å²) < 4.78 is 5.23. The van der Waals surface area contributed by atoms with E-state index >= 15 is 0 Å². The van der Waals surface area contributed by atoms with Crippen LogP contribution in [0.15, 0.2) is 0 Å². The minimum absolute atomic E-state index is 0.114. The van der Waals surface area contributed by atoms with Crippen molar-refractivity contribution in [2.75, 3.05) is 7.11 Å². The average molecular weight is 189 g/mol. The van der Waals surface area contributed by atoms with Gasteiger partial charge in [-0.2, -0.15) is 0 Å². The number of ether oxygens (including phenoxy) is 1. The van der Waals surface area contributed by atoms with Crippen molar-refractivity contribution >= 4 is 12.6 Å². The lowest BCUT2D eigenvalue weighted by atomic mass is 10.0. The van der Waals surface area contributed by atoms with Gasteiger partial charge in [0.25, 0.3) is 0 Å². The molecule has 4 nitrogen and oxygen atoms in total. The molecule has 2 aliphatic rings. The normalized spacial score (nSPS) is 47.5. The van der Waals surface area contributed by atoms with Crippen molar-refractivity contribution in [3.05, 3.63) is 0 Å². The summed E-state index contributed by atoms with van der Waals surface area (Å²) in [4.78, 5) is 0. The van der Waals surface area contributed by atoms with E-state index in [-0.39, 0.29) is 11.7 Å². The van der Waals surface area contributed by atoms with Gasteiger partial charge in [-0.25, -0.2) is 0 Å². The molecule has 0 saturated carbocycles. The molecule has 0 aromatic carbocycles. The van der Waals surface area contributed by atoms with Crippen LogP contribution in [0.4, 0.5) is 0 Å². The summed E-state index contributed by atoms with van der Waals surface area (Å²) in [6, 6.07) is 0.499. The maximum atomic E-state index is 5.23. The monoisotopic (exact) mass is 189 g/mol. The Morgan fingerprint density at radius 1 is 1.25 bits per heavy atom. The Morgan fingerprint density at radius 3 is 2.83 bits per heavy atom. The lowest BCUT2D eigenvalue weighted by Crippen LogP contribution is -2.55. The molecule has 12 heavy (non-hydrogen) atoms. The fraction of sp³-hybridized carbons (Fsp3) is 1.00. The van der Waals surface area contributed by atoms with E-state index < -0.39 is 0 Å². The van der Waals surface area contributed by atoms with Gasteiger partial charge in [-0.1, -0.05) is 0 Å². The van der Waals surface area contributed by atoms with E-state index in [9.17, 15) is 0 Å². The van der Waals surface area contributed by atoms with Gasteiger partial charge in [0.2, 0.25) is 0 Å². The largest absolute Gasteiger partial charge is 0.367 e. The highest BCUT2D eigenvalue weighted by molar-refractivity contribution is 7.80. The maximum absolute atomic E-state index is 5.23. The van der Waals surface area contributed by atoms with Gasteiger partial charge in [-0.3, -0.25) is 16.0 Å². The zero-order valence-corrected chi connectivity index (χ0v) is 7.97. The first-order valence-electron chi connectivity index (χ1n) is 4.28. The number of nitrogens with one attached hydrogen (secondary N) is 3. The fourth-order valence-electron chi connectivity index (χ4n) is 1.85. The predicted molar refractivity (Wildman–Crippen MR) is 49.8 cm³/mol. The van der Waals surface area contributed by atoms with E-state index in [0.29, 0.717) is 12.2 Å². The van der Waals surface area contributed by atoms with Gasteiger partial charge >= 0.3 is 0 Å². The number of methoxy groups -OCH3 is 1. The number of thiol groups is 1. The van der Waals surface area contributed by atoms with E-state index in [1.165, 1.54) is 0 Å². The van der Waals surface area contributed by atoms with Crippen LogP contribution in [-0.4, -0.2) is 31.0 Å². The van der Waals surface area contributed by atoms with Crippen molar-refractivity contribution in [3.63, 3.8) is 0 Å². The first-order chi connectivity index (χ1) is 5.79. The summed E-state index contributed by atoms with van der Waals surface area (Å²) in [7, 11) is 1.73. The molecule has 70 valence electrons. The molecule has 2 rings (SSSR count).